The average Bonchev–Trinajstić information content (AvgIpc) is 3.01. The molecule has 196 valence electrons. The van der Waals surface area contributed by atoms with Crippen LogP contribution in [0.3, 0.4) is 0 Å². The molecular formula is C31H45N3O2. The van der Waals surface area contributed by atoms with Gasteiger partial charge in [-0.1, -0.05) is 50.0 Å². The summed E-state index contributed by atoms with van der Waals surface area (Å²) in [5.74, 6) is 0.519. The molecule has 5 rings (SSSR count). The lowest BCUT2D eigenvalue weighted by Gasteiger charge is -2.40. The number of likely N-dealkylation sites (tertiary alicyclic amines) is 1. The molecule has 0 aromatic rings. The minimum Gasteiger partial charge on any atom is -0.508 e. The van der Waals surface area contributed by atoms with E-state index in [1.54, 1.807) is 0 Å². The average molecular weight is 492 g/mol. The summed E-state index contributed by atoms with van der Waals surface area (Å²) in [5, 5.41) is 13.7. The molecule has 0 aromatic carbocycles. The van der Waals surface area contributed by atoms with Crippen LogP contribution < -0.4 is 5.32 Å². The molecule has 2 aliphatic heterocycles. The first-order chi connectivity index (χ1) is 17.6. The molecule has 3 fully saturated rings. The lowest BCUT2D eigenvalue weighted by atomic mass is 9.85. The Morgan fingerprint density at radius 3 is 2.64 bits per heavy atom. The summed E-state index contributed by atoms with van der Waals surface area (Å²) in [6.07, 6.45) is 26.3. The van der Waals surface area contributed by atoms with E-state index in [4.69, 9.17) is 0 Å². The van der Waals surface area contributed by atoms with Gasteiger partial charge < -0.3 is 10.4 Å². The SMILES string of the molecule is C=CCN1CCC2CCC(C1)N2C(C1=CCC(C(=O)NC2CCCCCC2)C=C1)C1=CC(O)=CCC1. The second-order valence-electron chi connectivity index (χ2n) is 11.6. The molecule has 36 heavy (non-hydrogen) atoms. The van der Waals surface area contributed by atoms with Gasteiger partial charge >= 0.3 is 0 Å². The van der Waals surface area contributed by atoms with Crippen molar-refractivity contribution in [2.75, 3.05) is 19.6 Å². The van der Waals surface area contributed by atoms with Crippen LogP contribution in [-0.2, 0) is 4.79 Å². The van der Waals surface area contributed by atoms with Gasteiger partial charge in [-0.3, -0.25) is 14.6 Å². The van der Waals surface area contributed by atoms with Crippen LogP contribution >= 0.6 is 0 Å². The number of rotatable bonds is 7. The van der Waals surface area contributed by atoms with E-state index in [1.165, 1.54) is 56.1 Å². The van der Waals surface area contributed by atoms with Crippen molar-refractivity contribution in [3.05, 3.63) is 59.9 Å². The topological polar surface area (TPSA) is 55.8 Å². The molecule has 0 radical (unpaired) electrons. The number of hydrogen-bond donors (Lipinski definition) is 2. The van der Waals surface area contributed by atoms with Gasteiger partial charge in [-0.15, -0.1) is 6.58 Å². The molecule has 2 N–H and O–H groups in total. The van der Waals surface area contributed by atoms with Crippen LogP contribution in [0.5, 0.6) is 0 Å². The largest absolute Gasteiger partial charge is 0.508 e. The molecule has 5 heteroatoms. The van der Waals surface area contributed by atoms with Gasteiger partial charge in [0.15, 0.2) is 0 Å². The first-order valence-electron chi connectivity index (χ1n) is 14.5. The molecule has 5 aliphatic rings. The molecule has 0 aromatic heterocycles. The fourth-order valence-corrected chi connectivity index (χ4v) is 7.22. The molecule has 1 saturated carbocycles. The summed E-state index contributed by atoms with van der Waals surface area (Å²) in [4.78, 5) is 18.4. The third-order valence-corrected chi connectivity index (χ3v) is 9.06. The molecule has 4 atom stereocenters. The Balaban J connectivity index is 1.33. The van der Waals surface area contributed by atoms with Crippen LogP contribution in [0.2, 0.25) is 0 Å². The van der Waals surface area contributed by atoms with Gasteiger partial charge in [0.05, 0.1) is 12.0 Å². The van der Waals surface area contributed by atoms with Crippen molar-refractivity contribution in [1.82, 2.24) is 15.1 Å². The zero-order valence-corrected chi connectivity index (χ0v) is 21.9. The van der Waals surface area contributed by atoms with E-state index in [1.807, 2.05) is 18.2 Å². The Kier molecular flexibility index (Phi) is 8.48. The number of aliphatic hydroxyl groups is 1. The van der Waals surface area contributed by atoms with Crippen LogP contribution in [0.15, 0.2) is 59.9 Å². The quantitative estimate of drug-likeness (QED) is 0.360. The lowest BCUT2D eigenvalue weighted by Crippen LogP contribution is -2.48. The molecule has 3 aliphatic carbocycles. The van der Waals surface area contributed by atoms with Crippen molar-refractivity contribution in [3.63, 3.8) is 0 Å². The maximum atomic E-state index is 13.1. The number of allylic oxidation sites excluding steroid dienone is 3. The van der Waals surface area contributed by atoms with Crippen LogP contribution in [0.4, 0.5) is 0 Å². The summed E-state index contributed by atoms with van der Waals surface area (Å²) in [6.45, 7) is 7.13. The van der Waals surface area contributed by atoms with E-state index < -0.39 is 0 Å². The van der Waals surface area contributed by atoms with Crippen LogP contribution in [0.25, 0.3) is 0 Å². The van der Waals surface area contributed by atoms with E-state index in [0.717, 1.165) is 51.7 Å². The van der Waals surface area contributed by atoms with Gasteiger partial charge in [-0.05, 0) is 74.7 Å². The molecule has 5 nitrogen and oxygen atoms in total. The smallest absolute Gasteiger partial charge is 0.227 e. The molecule has 2 bridgehead atoms. The predicted octanol–water partition coefficient (Wildman–Crippen LogP) is 5.58. The van der Waals surface area contributed by atoms with E-state index in [2.05, 4.69) is 39.9 Å². The third kappa shape index (κ3) is 5.89. The van der Waals surface area contributed by atoms with E-state index >= 15 is 0 Å². The third-order valence-electron chi connectivity index (χ3n) is 9.06. The Hall–Kier alpha value is -2.11. The second-order valence-corrected chi connectivity index (χ2v) is 11.6. The monoisotopic (exact) mass is 491 g/mol. The summed E-state index contributed by atoms with van der Waals surface area (Å²) < 4.78 is 0. The van der Waals surface area contributed by atoms with Gasteiger partial charge in [0.2, 0.25) is 5.91 Å². The fraction of sp³-hybridized carbons (Fsp3) is 0.645. The van der Waals surface area contributed by atoms with Crippen molar-refractivity contribution >= 4 is 5.91 Å². The number of hydrogen-bond acceptors (Lipinski definition) is 4. The molecule has 2 heterocycles. The highest BCUT2D eigenvalue weighted by molar-refractivity contribution is 5.81. The van der Waals surface area contributed by atoms with Crippen LogP contribution in [-0.4, -0.2) is 64.6 Å². The summed E-state index contributed by atoms with van der Waals surface area (Å²) in [6, 6.07) is 1.61. The highest BCUT2D eigenvalue weighted by atomic mass is 16.3. The number of carbonyl (C=O) groups is 1. The van der Waals surface area contributed by atoms with E-state index in [9.17, 15) is 9.90 Å². The number of fused-ring (bicyclic) bond motifs is 2. The van der Waals surface area contributed by atoms with Crippen molar-refractivity contribution in [1.29, 1.82) is 0 Å². The maximum Gasteiger partial charge on any atom is 0.227 e. The van der Waals surface area contributed by atoms with Crippen LogP contribution in [0, 0.1) is 5.92 Å². The molecule has 1 amide bonds. The normalized spacial score (nSPS) is 31.0. The van der Waals surface area contributed by atoms with Crippen molar-refractivity contribution in [2.24, 2.45) is 5.92 Å². The number of nitrogens with zero attached hydrogens (tertiary/aromatic N) is 2. The predicted molar refractivity (Wildman–Crippen MR) is 147 cm³/mol. The standard InChI is InChI=1S/C31H45N3O2/c1-2-19-33-20-18-27-16-17-28(22-33)34(27)30(25-8-7-11-29(35)21-25)23-12-14-24(15-13-23)31(36)32-26-9-5-3-4-6-10-26/h2,11-14,21,24,26-28,30,35H,1,3-10,15-20,22H2,(H,32,36). The van der Waals surface area contributed by atoms with Gasteiger partial charge in [-0.25, -0.2) is 0 Å². The van der Waals surface area contributed by atoms with Crippen LogP contribution in [0.1, 0.15) is 77.0 Å². The summed E-state index contributed by atoms with van der Waals surface area (Å²) in [5.41, 5.74) is 2.63. The van der Waals surface area contributed by atoms with Gasteiger partial charge in [0.1, 0.15) is 5.76 Å². The number of amides is 1. The Labute approximate surface area is 217 Å². The molecule has 2 saturated heterocycles. The van der Waals surface area contributed by atoms with Gasteiger partial charge in [0, 0.05) is 37.8 Å². The number of aliphatic hydroxyl groups excluding tert-OH is 1. The maximum absolute atomic E-state index is 13.1. The minimum atomic E-state index is -0.0739. The summed E-state index contributed by atoms with van der Waals surface area (Å²) >= 11 is 0. The number of nitrogens with one attached hydrogen (secondary N) is 1. The highest BCUT2D eigenvalue weighted by Gasteiger charge is 2.43. The first-order valence-corrected chi connectivity index (χ1v) is 14.5. The Morgan fingerprint density at radius 1 is 1.11 bits per heavy atom. The Morgan fingerprint density at radius 2 is 1.92 bits per heavy atom. The molecule has 4 unspecified atom stereocenters. The van der Waals surface area contributed by atoms with E-state index in [0.29, 0.717) is 23.9 Å². The molecule has 0 spiro atoms. The van der Waals surface area contributed by atoms with Crippen molar-refractivity contribution in [3.8, 4) is 0 Å². The lowest BCUT2D eigenvalue weighted by molar-refractivity contribution is -0.124. The Bertz CT molecular complexity index is 924. The fourth-order valence-electron chi connectivity index (χ4n) is 7.22. The second kappa shape index (κ2) is 12.0. The zero-order valence-electron chi connectivity index (χ0n) is 21.9. The zero-order chi connectivity index (χ0) is 24.9. The summed E-state index contributed by atoms with van der Waals surface area (Å²) in [7, 11) is 0. The van der Waals surface area contributed by atoms with Gasteiger partial charge in [0.25, 0.3) is 0 Å². The number of carbonyl (C=O) groups excluding carboxylic acids is 1. The minimum absolute atomic E-state index is 0.0739. The van der Waals surface area contributed by atoms with Crippen molar-refractivity contribution < 1.29 is 9.90 Å². The first kappa shape index (κ1) is 25.5. The van der Waals surface area contributed by atoms with Gasteiger partial charge in [-0.2, -0.15) is 0 Å². The van der Waals surface area contributed by atoms with Crippen molar-refractivity contribution in [2.45, 2.75) is 101 Å². The highest BCUT2D eigenvalue weighted by Crippen LogP contribution is 2.40. The molecular weight excluding hydrogens is 446 g/mol. The van der Waals surface area contributed by atoms with E-state index in [-0.39, 0.29) is 17.9 Å².